The first-order valence-electron chi connectivity index (χ1n) is 6.18. The van der Waals surface area contributed by atoms with Crippen LogP contribution in [0.4, 0.5) is 11.4 Å². The van der Waals surface area contributed by atoms with Crippen LogP contribution in [0.2, 0.25) is 10.0 Å². The number of aryl methyl sites for hydroxylation is 1. The Hall–Kier alpha value is -0.900. The van der Waals surface area contributed by atoms with Crippen LogP contribution in [0.5, 0.6) is 0 Å². The van der Waals surface area contributed by atoms with Crippen molar-refractivity contribution < 1.29 is 0 Å². The Morgan fingerprint density at radius 3 is 1.95 bits per heavy atom. The topological polar surface area (TPSA) is 52.0 Å². The fourth-order valence-electron chi connectivity index (χ4n) is 1.52. The third kappa shape index (κ3) is 5.61. The standard InChI is InChI=1S/C9H12ClN.C6H5BrClN/c1-2-3-7-4-5-9(11)8(10)6-7;7-4-1-2-6(9)5(8)3-4/h4-6H,2-3,11H2,1H3;1-3H,9H2. The van der Waals surface area contributed by atoms with Gasteiger partial charge in [0.15, 0.2) is 0 Å². The lowest BCUT2D eigenvalue weighted by Gasteiger charge is -2.01. The smallest absolute Gasteiger partial charge is 0.0646 e. The third-order valence-corrected chi connectivity index (χ3v) is 3.71. The molecule has 0 saturated carbocycles. The zero-order chi connectivity index (χ0) is 15.1. The Balaban J connectivity index is 0.000000204. The molecule has 0 spiro atoms. The monoisotopic (exact) mass is 374 g/mol. The van der Waals surface area contributed by atoms with Crippen molar-refractivity contribution in [1.29, 1.82) is 0 Å². The predicted molar refractivity (Wildman–Crippen MR) is 93.4 cm³/mol. The van der Waals surface area contributed by atoms with Crippen molar-refractivity contribution in [2.75, 3.05) is 11.5 Å². The van der Waals surface area contributed by atoms with Crippen LogP contribution in [-0.2, 0) is 6.42 Å². The summed E-state index contributed by atoms with van der Waals surface area (Å²) in [5.41, 5.74) is 13.5. The number of anilines is 2. The van der Waals surface area contributed by atoms with E-state index in [2.05, 4.69) is 22.9 Å². The molecule has 0 aromatic heterocycles. The van der Waals surface area contributed by atoms with Gasteiger partial charge in [-0.3, -0.25) is 0 Å². The molecule has 0 saturated heterocycles. The first kappa shape index (κ1) is 17.2. The van der Waals surface area contributed by atoms with E-state index in [1.165, 1.54) is 5.56 Å². The number of nitrogens with two attached hydrogens (primary N) is 2. The molecule has 0 aliphatic heterocycles. The van der Waals surface area contributed by atoms with Crippen molar-refractivity contribution in [2.45, 2.75) is 19.8 Å². The predicted octanol–water partition coefficient (Wildman–Crippen LogP) is 5.56. The molecule has 2 aromatic rings. The number of hydrogen-bond acceptors (Lipinski definition) is 2. The molecule has 2 aromatic carbocycles. The zero-order valence-corrected chi connectivity index (χ0v) is 14.3. The van der Waals surface area contributed by atoms with Crippen molar-refractivity contribution in [3.05, 3.63) is 56.5 Å². The Kier molecular flexibility index (Phi) is 7.20. The minimum Gasteiger partial charge on any atom is -0.398 e. The molecule has 0 amide bonds. The van der Waals surface area contributed by atoms with Gasteiger partial charge in [0.2, 0.25) is 0 Å². The van der Waals surface area contributed by atoms with E-state index in [0.29, 0.717) is 21.4 Å². The molecule has 5 heteroatoms. The second kappa shape index (κ2) is 8.40. The van der Waals surface area contributed by atoms with E-state index in [-0.39, 0.29) is 0 Å². The molecular weight excluding hydrogens is 359 g/mol. The summed E-state index contributed by atoms with van der Waals surface area (Å²) in [5, 5.41) is 1.25. The normalized spacial score (nSPS) is 9.80. The maximum Gasteiger partial charge on any atom is 0.0646 e. The number of nitrogen functional groups attached to an aromatic ring is 2. The maximum atomic E-state index is 5.82. The number of halogens is 3. The van der Waals surface area contributed by atoms with Gasteiger partial charge in [0.05, 0.1) is 21.4 Å². The summed E-state index contributed by atoms with van der Waals surface area (Å²) in [6, 6.07) is 11.2. The Morgan fingerprint density at radius 1 is 0.950 bits per heavy atom. The van der Waals surface area contributed by atoms with Crippen molar-refractivity contribution in [3.8, 4) is 0 Å². The van der Waals surface area contributed by atoms with Crippen molar-refractivity contribution in [1.82, 2.24) is 0 Å². The molecule has 0 aliphatic carbocycles. The molecule has 0 fully saturated rings. The molecule has 0 unspecified atom stereocenters. The molecule has 108 valence electrons. The largest absolute Gasteiger partial charge is 0.398 e. The Morgan fingerprint density at radius 2 is 1.50 bits per heavy atom. The lowest BCUT2D eigenvalue weighted by atomic mass is 10.1. The van der Waals surface area contributed by atoms with Crippen LogP contribution in [0.3, 0.4) is 0 Å². The molecule has 4 N–H and O–H groups in total. The van der Waals surface area contributed by atoms with Crippen LogP contribution < -0.4 is 11.5 Å². The minimum absolute atomic E-state index is 0.587. The summed E-state index contributed by atoms with van der Waals surface area (Å²) in [6.45, 7) is 2.14. The lowest BCUT2D eigenvalue weighted by Crippen LogP contribution is -1.88. The van der Waals surface area contributed by atoms with E-state index in [1.807, 2.05) is 24.3 Å². The molecule has 0 radical (unpaired) electrons. The number of rotatable bonds is 2. The second-order valence-corrected chi connectivity index (χ2v) is 6.00. The molecule has 0 heterocycles. The van der Waals surface area contributed by atoms with E-state index in [9.17, 15) is 0 Å². The highest BCUT2D eigenvalue weighted by atomic mass is 79.9. The average Bonchev–Trinajstić information content (AvgIpc) is 2.40. The Bertz CT molecular complexity index is 574. The summed E-state index contributed by atoms with van der Waals surface area (Å²) in [6.07, 6.45) is 2.21. The van der Waals surface area contributed by atoms with Gasteiger partial charge in [-0.15, -0.1) is 0 Å². The van der Waals surface area contributed by atoms with Crippen LogP contribution >= 0.6 is 39.1 Å². The maximum absolute atomic E-state index is 5.82. The van der Waals surface area contributed by atoms with Crippen LogP contribution in [0.15, 0.2) is 40.9 Å². The van der Waals surface area contributed by atoms with Gasteiger partial charge in [-0.25, -0.2) is 0 Å². The molecule has 20 heavy (non-hydrogen) atoms. The van der Waals surface area contributed by atoms with Gasteiger partial charge in [0, 0.05) is 4.47 Å². The van der Waals surface area contributed by atoms with E-state index in [0.717, 1.165) is 17.3 Å². The minimum atomic E-state index is 0.587. The summed E-state index contributed by atoms with van der Waals surface area (Å²) >= 11 is 14.7. The fraction of sp³-hybridized carbons (Fsp3) is 0.200. The lowest BCUT2D eigenvalue weighted by molar-refractivity contribution is 0.922. The highest BCUT2D eigenvalue weighted by Crippen LogP contribution is 2.22. The van der Waals surface area contributed by atoms with Crippen molar-refractivity contribution in [3.63, 3.8) is 0 Å². The number of hydrogen-bond donors (Lipinski definition) is 2. The molecule has 2 rings (SSSR count). The second-order valence-electron chi connectivity index (χ2n) is 4.27. The first-order valence-corrected chi connectivity index (χ1v) is 7.73. The first-order chi connectivity index (χ1) is 9.43. The zero-order valence-electron chi connectivity index (χ0n) is 11.2. The van der Waals surface area contributed by atoms with Crippen LogP contribution in [-0.4, -0.2) is 0 Å². The quantitative estimate of drug-likeness (QED) is 0.675. The highest BCUT2D eigenvalue weighted by Gasteiger charge is 1.96. The summed E-state index contributed by atoms with van der Waals surface area (Å²) < 4.78 is 0.946. The van der Waals surface area contributed by atoms with Gasteiger partial charge in [-0.1, -0.05) is 58.5 Å². The fourth-order valence-corrected chi connectivity index (χ4v) is 2.39. The van der Waals surface area contributed by atoms with Crippen LogP contribution in [0.1, 0.15) is 18.9 Å². The molecule has 2 nitrogen and oxygen atoms in total. The molecule has 0 atom stereocenters. The summed E-state index contributed by atoms with van der Waals surface area (Å²) in [7, 11) is 0. The SMILES string of the molecule is CCCc1ccc(N)c(Cl)c1.Nc1ccc(Br)cc1Cl. The summed E-state index contributed by atoms with van der Waals surface area (Å²) in [5.74, 6) is 0. The Labute approximate surface area is 138 Å². The molecule has 0 bridgehead atoms. The van der Waals surface area contributed by atoms with E-state index in [1.54, 1.807) is 12.1 Å². The number of benzene rings is 2. The van der Waals surface area contributed by atoms with Gasteiger partial charge in [0.25, 0.3) is 0 Å². The van der Waals surface area contributed by atoms with Crippen LogP contribution in [0.25, 0.3) is 0 Å². The van der Waals surface area contributed by atoms with Crippen molar-refractivity contribution in [2.24, 2.45) is 0 Å². The molecule has 0 aliphatic rings. The van der Waals surface area contributed by atoms with Gasteiger partial charge < -0.3 is 11.5 Å². The van der Waals surface area contributed by atoms with Crippen LogP contribution in [0, 0.1) is 0 Å². The van der Waals surface area contributed by atoms with Gasteiger partial charge in [-0.05, 0) is 42.3 Å². The third-order valence-electron chi connectivity index (χ3n) is 2.57. The van der Waals surface area contributed by atoms with Gasteiger partial charge in [0.1, 0.15) is 0 Å². The van der Waals surface area contributed by atoms with Gasteiger partial charge >= 0.3 is 0 Å². The average molecular weight is 376 g/mol. The van der Waals surface area contributed by atoms with E-state index >= 15 is 0 Å². The van der Waals surface area contributed by atoms with E-state index in [4.69, 9.17) is 34.7 Å². The highest BCUT2D eigenvalue weighted by molar-refractivity contribution is 9.10. The summed E-state index contributed by atoms with van der Waals surface area (Å²) in [4.78, 5) is 0. The molecular formula is C15H17BrCl2N2. The van der Waals surface area contributed by atoms with Gasteiger partial charge in [-0.2, -0.15) is 0 Å². The van der Waals surface area contributed by atoms with E-state index < -0.39 is 0 Å². The van der Waals surface area contributed by atoms with Crippen molar-refractivity contribution >= 4 is 50.5 Å².